The van der Waals surface area contributed by atoms with Crippen LogP contribution in [0.3, 0.4) is 0 Å². The Hall–Kier alpha value is -1.59. The Balaban J connectivity index is 1.59. The molecule has 2 aromatic heterocycles. The number of likely N-dealkylation sites (tertiary alicyclic amines) is 1. The van der Waals surface area contributed by atoms with Gasteiger partial charge in [-0.05, 0) is 37.4 Å². The van der Waals surface area contributed by atoms with Gasteiger partial charge in [0.1, 0.15) is 0 Å². The van der Waals surface area contributed by atoms with Crippen molar-refractivity contribution in [2.24, 2.45) is 5.92 Å². The number of nitrogens with zero attached hydrogens (tertiary/aromatic N) is 2. The van der Waals surface area contributed by atoms with Crippen molar-refractivity contribution in [2.75, 3.05) is 19.7 Å². The van der Waals surface area contributed by atoms with Crippen molar-refractivity contribution in [1.82, 2.24) is 10.1 Å². The van der Waals surface area contributed by atoms with E-state index in [2.05, 4.69) is 10.1 Å². The molecule has 1 unspecified atom stereocenters. The molecule has 1 aliphatic heterocycles. The fraction of sp³-hybridized carbons (Fsp3) is 0.500. The lowest BCUT2D eigenvalue weighted by atomic mass is 10.1. The highest BCUT2D eigenvalue weighted by Crippen LogP contribution is 2.24. The predicted octanol–water partition coefficient (Wildman–Crippen LogP) is 2.14. The first-order chi connectivity index (χ1) is 9.35. The molecular weight excluding hydrogens is 244 g/mol. The summed E-state index contributed by atoms with van der Waals surface area (Å²) in [6.45, 7) is 3.17. The van der Waals surface area contributed by atoms with E-state index >= 15 is 0 Å². The lowest BCUT2D eigenvalue weighted by molar-refractivity contribution is 0.247. The van der Waals surface area contributed by atoms with Crippen LogP contribution in [0.5, 0.6) is 0 Å². The second-order valence-electron chi connectivity index (χ2n) is 5.06. The number of aromatic nitrogens is 1. The van der Waals surface area contributed by atoms with Crippen molar-refractivity contribution in [1.29, 1.82) is 0 Å². The minimum absolute atomic E-state index is 0.283. The van der Waals surface area contributed by atoms with Crippen molar-refractivity contribution < 1.29 is 14.0 Å². The van der Waals surface area contributed by atoms with Gasteiger partial charge in [-0.25, -0.2) is 0 Å². The number of aliphatic hydroxyl groups excluding tert-OH is 1. The standard InChI is InChI=1S/C14H18N2O3/c17-6-4-11-3-5-16(9-11)10-12-8-14(19-15-12)13-2-1-7-18-13/h1-2,7-8,11,17H,3-6,9-10H2. The molecule has 2 aromatic rings. The number of rotatable bonds is 5. The summed E-state index contributed by atoms with van der Waals surface area (Å²) in [5, 5.41) is 13.0. The van der Waals surface area contributed by atoms with Crippen LogP contribution in [0.15, 0.2) is 33.4 Å². The zero-order valence-electron chi connectivity index (χ0n) is 10.8. The zero-order chi connectivity index (χ0) is 13.1. The largest absolute Gasteiger partial charge is 0.461 e. The van der Waals surface area contributed by atoms with Crippen LogP contribution in [0, 0.1) is 5.92 Å². The lowest BCUT2D eigenvalue weighted by Gasteiger charge is -2.13. The van der Waals surface area contributed by atoms with Gasteiger partial charge < -0.3 is 14.0 Å². The molecule has 0 aromatic carbocycles. The molecule has 1 fully saturated rings. The molecular formula is C14H18N2O3. The Morgan fingerprint density at radius 1 is 1.42 bits per heavy atom. The van der Waals surface area contributed by atoms with Gasteiger partial charge in [-0.15, -0.1) is 0 Å². The molecule has 0 radical (unpaired) electrons. The van der Waals surface area contributed by atoms with Gasteiger partial charge in [0.05, 0.1) is 12.0 Å². The summed E-state index contributed by atoms with van der Waals surface area (Å²) in [5.41, 5.74) is 0.927. The molecule has 0 saturated carbocycles. The van der Waals surface area contributed by atoms with E-state index in [0.717, 1.165) is 38.2 Å². The monoisotopic (exact) mass is 262 g/mol. The van der Waals surface area contributed by atoms with Crippen LogP contribution in [0.1, 0.15) is 18.5 Å². The van der Waals surface area contributed by atoms with E-state index in [0.29, 0.717) is 17.4 Å². The molecule has 0 spiro atoms. The number of aliphatic hydroxyl groups is 1. The SMILES string of the molecule is OCCC1CCN(Cc2cc(-c3ccco3)on2)C1. The highest BCUT2D eigenvalue weighted by Gasteiger charge is 2.23. The van der Waals surface area contributed by atoms with Crippen LogP contribution in [-0.2, 0) is 6.54 Å². The van der Waals surface area contributed by atoms with Gasteiger partial charge in [0.25, 0.3) is 0 Å². The molecule has 3 heterocycles. The summed E-state index contributed by atoms with van der Waals surface area (Å²) in [7, 11) is 0. The predicted molar refractivity (Wildman–Crippen MR) is 69.3 cm³/mol. The molecule has 19 heavy (non-hydrogen) atoms. The molecule has 3 rings (SSSR count). The zero-order valence-corrected chi connectivity index (χ0v) is 10.8. The smallest absolute Gasteiger partial charge is 0.202 e. The van der Waals surface area contributed by atoms with Crippen molar-refractivity contribution in [3.63, 3.8) is 0 Å². The summed E-state index contributed by atoms with van der Waals surface area (Å²) < 4.78 is 10.6. The van der Waals surface area contributed by atoms with E-state index in [1.165, 1.54) is 0 Å². The first-order valence-corrected chi connectivity index (χ1v) is 6.68. The average Bonchev–Trinajstić information content (AvgIpc) is 3.10. The third-order valence-corrected chi connectivity index (χ3v) is 3.62. The van der Waals surface area contributed by atoms with E-state index in [9.17, 15) is 0 Å². The van der Waals surface area contributed by atoms with E-state index in [1.807, 2.05) is 18.2 Å². The molecule has 0 amide bonds. The minimum Gasteiger partial charge on any atom is -0.461 e. The van der Waals surface area contributed by atoms with Gasteiger partial charge in [-0.2, -0.15) is 0 Å². The van der Waals surface area contributed by atoms with Crippen LogP contribution in [0.25, 0.3) is 11.5 Å². The third kappa shape index (κ3) is 2.88. The Bertz CT molecular complexity index is 507. The topological polar surface area (TPSA) is 62.6 Å². The molecule has 1 N–H and O–H groups in total. The molecule has 5 nitrogen and oxygen atoms in total. The second-order valence-corrected chi connectivity index (χ2v) is 5.06. The summed E-state index contributed by atoms with van der Waals surface area (Å²) in [6, 6.07) is 5.62. The second kappa shape index (κ2) is 5.59. The number of hydrogen-bond donors (Lipinski definition) is 1. The van der Waals surface area contributed by atoms with Crippen molar-refractivity contribution in [3.05, 3.63) is 30.2 Å². The quantitative estimate of drug-likeness (QED) is 0.894. The van der Waals surface area contributed by atoms with Gasteiger partial charge >= 0.3 is 0 Å². The summed E-state index contributed by atoms with van der Waals surface area (Å²) in [6.07, 6.45) is 3.67. The van der Waals surface area contributed by atoms with E-state index in [1.54, 1.807) is 6.26 Å². The lowest BCUT2D eigenvalue weighted by Crippen LogP contribution is -2.20. The number of furan rings is 1. The fourth-order valence-corrected chi connectivity index (χ4v) is 2.62. The summed E-state index contributed by atoms with van der Waals surface area (Å²) >= 11 is 0. The highest BCUT2D eigenvalue weighted by molar-refractivity contribution is 5.49. The van der Waals surface area contributed by atoms with E-state index < -0.39 is 0 Å². The van der Waals surface area contributed by atoms with Crippen LogP contribution < -0.4 is 0 Å². The van der Waals surface area contributed by atoms with Gasteiger partial charge in [0, 0.05) is 25.8 Å². The molecule has 0 bridgehead atoms. The van der Waals surface area contributed by atoms with Crippen LogP contribution in [0.4, 0.5) is 0 Å². The fourth-order valence-electron chi connectivity index (χ4n) is 2.62. The maximum absolute atomic E-state index is 8.96. The maximum Gasteiger partial charge on any atom is 0.202 e. The van der Waals surface area contributed by atoms with Gasteiger partial charge in [0.15, 0.2) is 5.76 Å². The molecule has 102 valence electrons. The van der Waals surface area contributed by atoms with Gasteiger partial charge in [0.2, 0.25) is 5.76 Å². The van der Waals surface area contributed by atoms with Crippen LogP contribution in [-0.4, -0.2) is 34.9 Å². The average molecular weight is 262 g/mol. The Morgan fingerprint density at radius 3 is 3.16 bits per heavy atom. The summed E-state index contributed by atoms with van der Waals surface area (Å²) in [4.78, 5) is 2.35. The van der Waals surface area contributed by atoms with Crippen molar-refractivity contribution in [3.8, 4) is 11.5 Å². The van der Waals surface area contributed by atoms with Crippen LogP contribution >= 0.6 is 0 Å². The number of hydrogen-bond acceptors (Lipinski definition) is 5. The first-order valence-electron chi connectivity index (χ1n) is 6.68. The maximum atomic E-state index is 8.96. The molecule has 5 heteroatoms. The molecule has 1 atom stereocenters. The van der Waals surface area contributed by atoms with E-state index in [-0.39, 0.29) is 6.61 Å². The Labute approximate surface area is 111 Å². The van der Waals surface area contributed by atoms with E-state index in [4.69, 9.17) is 14.0 Å². The van der Waals surface area contributed by atoms with Gasteiger partial charge in [-0.1, -0.05) is 5.16 Å². The highest BCUT2D eigenvalue weighted by atomic mass is 16.5. The normalized spacial score (nSPS) is 20.2. The third-order valence-electron chi connectivity index (χ3n) is 3.62. The Kier molecular flexibility index (Phi) is 3.66. The minimum atomic E-state index is 0.283. The van der Waals surface area contributed by atoms with Crippen molar-refractivity contribution in [2.45, 2.75) is 19.4 Å². The van der Waals surface area contributed by atoms with Crippen LogP contribution in [0.2, 0.25) is 0 Å². The van der Waals surface area contributed by atoms with Gasteiger partial charge in [-0.3, -0.25) is 4.90 Å². The Morgan fingerprint density at radius 2 is 2.37 bits per heavy atom. The molecule has 0 aliphatic carbocycles. The summed E-state index contributed by atoms with van der Waals surface area (Å²) in [5.74, 6) is 1.99. The first kappa shape index (κ1) is 12.4. The molecule has 1 aliphatic rings. The molecule has 1 saturated heterocycles. The van der Waals surface area contributed by atoms with Crippen molar-refractivity contribution >= 4 is 0 Å².